The molecule has 0 unspecified atom stereocenters. The number of aromatic nitrogens is 2. The number of carbonyl (C=O) groups is 1. The van der Waals surface area contributed by atoms with E-state index in [9.17, 15) is 18.0 Å². The Balaban J connectivity index is 0.00000261. The van der Waals surface area contributed by atoms with Crippen molar-refractivity contribution in [2.45, 2.75) is 32.9 Å². The Hall–Kier alpha value is -1.48. The van der Waals surface area contributed by atoms with Gasteiger partial charge in [0.2, 0.25) is 0 Å². The summed E-state index contributed by atoms with van der Waals surface area (Å²) in [5, 5.41) is 4.23. The summed E-state index contributed by atoms with van der Waals surface area (Å²) in [6, 6.07) is 1.57. The van der Waals surface area contributed by atoms with Gasteiger partial charge in [0, 0.05) is 33.5 Å². The molecule has 0 radical (unpaired) electrons. The fourth-order valence-electron chi connectivity index (χ4n) is 2.64. The van der Waals surface area contributed by atoms with Crippen LogP contribution in [0.1, 0.15) is 39.3 Å². The van der Waals surface area contributed by atoms with Crippen LogP contribution in [-0.2, 0) is 0 Å². The molecule has 0 aliphatic heterocycles. The molecule has 0 spiro atoms. The molecule has 2 heterocycles. The number of hydrogen-bond acceptors (Lipinski definition) is 4. The largest absolute Gasteiger partial charge is 1.00 e. The molecule has 2 aromatic rings. The molecule has 0 fully saturated rings. The normalized spacial score (nSPS) is 14.1. The van der Waals surface area contributed by atoms with E-state index in [0.29, 0.717) is 33.7 Å². The van der Waals surface area contributed by atoms with Gasteiger partial charge in [-0.1, -0.05) is 6.08 Å². The van der Waals surface area contributed by atoms with Crippen molar-refractivity contribution in [2.24, 2.45) is 0 Å². The fraction of sp³-hybridized carbons (Fsp3) is 0.278. The van der Waals surface area contributed by atoms with E-state index in [2.05, 4.69) is 15.3 Å². The number of aryl methyl sites for hydroxylation is 2. The monoisotopic (exact) mass is 401 g/mol. The van der Waals surface area contributed by atoms with Gasteiger partial charge in [-0.15, -0.1) is 11.3 Å². The third-order valence-corrected chi connectivity index (χ3v) is 5.07. The molecule has 136 valence electrons. The Bertz CT molecular complexity index is 919. The SMILES string of the molecule is Cc1cnccc1C(=O)[N-]c1nc(C)c(C2=CCCC(C(F)(F)F)=C2)s1.[Na+]. The number of halogens is 3. The predicted molar refractivity (Wildman–Crippen MR) is 94.5 cm³/mol. The smallest absolute Gasteiger partial charge is 0.430 e. The van der Waals surface area contributed by atoms with Crippen LogP contribution in [0.3, 0.4) is 0 Å². The topological polar surface area (TPSA) is 57.0 Å². The Morgan fingerprint density at radius 2 is 2.04 bits per heavy atom. The number of thiazole rings is 1. The molecule has 0 saturated carbocycles. The van der Waals surface area contributed by atoms with Gasteiger partial charge in [0.25, 0.3) is 0 Å². The van der Waals surface area contributed by atoms with Gasteiger partial charge in [-0.25, -0.2) is 0 Å². The molecular formula is C18H15F3N3NaOS. The number of carbonyl (C=O) groups excluding carboxylic acids is 1. The quantitative estimate of drug-likeness (QED) is 0.743. The summed E-state index contributed by atoms with van der Waals surface area (Å²) in [6.45, 7) is 3.45. The molecule has 0 saturated heterocycles. The summed E-state index contributed by atoms with van der Waals surface area (Å²) in [5.41, 5.74) is 1.60. The van der Waals surface area contributed by atoms with Gasteiger partial charge >= 0.3 is 35.7 Å². The number of allylic oxidation sites excluding steroid dienone is 4. The second-order valence-corrected chi connectivity index (χ2v) is 6.86. The van der Waals surface area contributed by atoms with E-state index in [1.807, 2.05) is 0 Å². The molecule has 0 N–H and O–H groups in total. The van der Waals surface area contributed by atoms with Crippen molar-refractivity contribution in [3.8, 4) is 0 Å². The Morgan fingerprint density at radius 1 is 1.30 bits per heavy atom. The Labute approximate surface area is 180 Å². The summed E-state index contributed by atoms with van der Waals surface area (Å²) < 4.78 is 38.9. The predicted octanol–water partition coefficient (Wildman–Crippen LogP) is 2.67. The van der Waals surface area contributed by atoms with Gasteiger partial charge in [-0.3, -0.25) is 9.78 Å². The van der Waals surface area contributed by atoms with Crippen molar-refractivity contribution < 1.29 is 47.5 Å². The van der Waals surface area contributed by atoms with E-state index in [1.165, 1.54) is 6.20 Å². The van der Waals surface area contributed by atoms with Gasteiger partial charge in [-0.2, -0.15) is 13.2 Å². The summed E-state index contributed by atoms with van der Waals surface area (Å²) in [7, 11) is 0. The second-order valence-electron chi connectivity index (χ2n) is 5.88. The van der Waals surface area contributed by atoms with E-state index < -0.39 is 17.7 Å². The summed E-state index contributed by atoms with van der Waals surface area (Å²) in [4.78, 5) is 21.1. The molecule has 27 heavy (non-hydrogen) atoms. The maximum atomic E-state index is 13.0. The first kappa shape index (κ1) is 21.8. The zero-order chi connectivity index (χ0) is 18.9. The third kappa shape index (κ3) is 5.07. The minimum Gasteiger partial charge on any atom is -0.430 e. The van der Waals surface area contributed by atoms with Crippen molar-refractivity contribution >= 4 is 27.9 Å². The van der Waals surface area contributed by atoms with Crippen LogP contribution in [-0.4, -0.2) is 22.1 Å². The Kier molecular flexibility index (Phi) is 7.02. The minimum absolute atomic E-state index is 0. The maximum absolute atomic E-state index is 13.0. The first-order valence-electron chi connectivity index (χ1n) is 7.88. The molecule has 0 bridgehead atoms. The van der Waals surface area contributed by atoms with Crippen LogP contribution in [0.25, 0.3) is 10.9 Å². The maximum Gasteiger partial charge on any atom is 1.00 e. The molecule has 1 aliphatic rings. The van der Waals surface area contributed by atoms with Crippen LogP contribution in [0.4, 0.5) is 18.3 Å². The number of amides is 1. The van der Waals surface area contributed by atoms with Crippen LogP contribution in [0.2, 0.25) is 0 Å². The van der Waals surface area contributed by atoms with Gasteiger partial charge in [-0.05, 0) is 55.7 Å². The first-order valence-corrected chi connectivity index (χ1v) is 8.70. The minimum atomic E-state index is -4.33. The van der Waals surface area contributed by atoms with E-state index in [-0.39, 0.29) is 41.1 Å². The molecule has 2 aromatic heterocycles. The molecule has 0 atom stereocenters. The van der Waals surface area contributed by atoms with E-state index in [4.69, 9.17) is 0 Å². The molecule has 0 aromatic carbocycles. The van der Waals surface area contributed by atoms with Crippen LogP contribution in [0.15, 0.2) is 36.2 Å². The van der Waals surface area contributed by atoms with Crippen molar-refractivity contribution in [2.75, 3.05) is 0 Å². The van der Waals surface area contributed by atoms with Crippen LogP contribution < -0.4 is 29.6 Å². The third-order valence-electron chi connectivity index (χ3n) is 3.97. The summed E-state index contributed by atoms with van der Waals surface area (Å²) in [6.07, 6.45) is 1.95. The standard InChI is InChI=1S/C18H16F3N3OS.Na/c1-10-9-22-7-6-14(10)16(25)24-17-23-11(2)15(26-17)12-4-3-5-13(8-12)18(19,20)21;/h4,6-9H,3,5H2,1-2H3,(H,23,24,25);/q;+1/p-1. The average molecular weight is 401 g/mol. The van der Waals surface area contributed by atoms with Crippen molar-refractivity contribution in [3.05, 3.63) is 63.2 Å². The fourth-order valence-corrected chi connectivity index (χ4v) is 3.59. The summed E-state index contributed by atoms with van der Waals surface area (Å²) >= 11 is 1.11. The van der Waals surface area contributed by atoms with Crippen LogP contribution in [0, 0.1) is 13.8 Å². The van der Waals surface area contributed by atoms with Gasteiger partial charge in [0.1, 0.15) is 0 Å². The van der Waals surface area contributed by atoms with E-state index >= 15 is 0 Å². The van der Waals surface area contributed by atoms with E-state index in [1.54, 1.807) is 32.2 Å². The zero-order valence-corrected chi connectivity index (χ0v) is 17.9. The average Bonchev–Trinajstić information content (AvgIpc) is 2.95. The second kappa shape index (κ2) is 8.68. The molecule has 3 rings (SSSR count). The number of alkyl halides is 3. The van der Waals surface area contributed by atoms with Gasteiger partial charge < -0.3 is 10.3 Å². The molecule has 4 nitrogen and oxygen atoms in total. The number of rotatable bonds is 3. The number of nitrogens with zero attached hydrogens (tertiary/aromatic N) is 3. The van der Waals surface area contributed by atoms with Crippen molar-refractivity contribution in [1.29, 1.82) is 0 Å². The molecule has 1 aliphatic carbocycles. The molecular weight excluding hydrogens is 386 g/mol. The van der Waals surface area contributed by atoms with Crippen molar-refractivity contribution in [1.82, 2.24) is 9.97 Å². The molecule has 1 amide bonds. The zero-order valence-electron chi connectivity index (χ0n) is 15.1. The van der Waals surface area contributed by atoms with Crippen LogP contribution >= 0.6 is 11.3 Å². The Morgan fingerprint density at radius 3 is 2.70 bits per heavy atom. The van der Waals surface area contributed by atoms with Crippen molar-refractivity contribution in [3.63, 3.8) is 0 Å². The summed E-state index contributed by atoms with van der Waals surface area (Å²) in [5.74, 6) is -0.450. The van der Waals surface area contributed by atoms with E-state index in [0.717, 1.165) is 17.4 Å². The number of pyridine rings is 1. The van der Waals surface area contributed by atoms with Gasteiger partial charge in [0.05, 0.1) is 0 Å². The van der Waals surface area contributed by atoms with Gasteiger partial charge in [0.15, 0.2) is 5.91 Å². The first-order chi connectivity index (χ1) is 12.3. The van der Waals surface area contributed by atoms with Crippen LogP contribution in [0.5, 0.6) is 0 Å². The number of hydrogen-bond donors (Lipinski definition) is 0. The molecule has 9 heteroatoms.